The first-order valence-electron chi connectivity index (χ1n) is 7.90. The molecule has 1 aromatic carbocycles. The van der Waals surface area contributed by atoms with Gasteiger partial charge in [0, 0.05) is 24.7 Å². The van der Waals surface area contributed by atoms with Crippen molar-refractivity contribution in [3.8, 4) is 0 Å². The van der Waals surface area contributed by atoms with Crippen molar-refractivity contribution in [2.75, 3.05) is 5.32 Å². The van der Waals surface area contributed by atoms with Crippen molar-refractivity contribution in [2.24, 2.45) is 11.3 Å². The molecule has 3 atom stereocenters. The van der Waals surface area contributed by atoms with Crippen molar-refractivity contribution in [1.82, 2.24) is 5.32 Å². The van der Waals surface area contributed by atoms with Gasteiger partial charge in [-0.1, -0.05) is 32.9 Å². The van der Waals surface area contributed by atoms with Gasteiger partial charge in [-0.25, -0.2) is 0 Å². The van der Waals surface area contributed by atoms with Crippen LogP contribution in [-0.2, 0) is 4.79 Å². The molecule has 1 amide bonds. The molecule has 0 radical (unpaired) electrons. The zero-order valence-electron chi connectivity index (χ0n) is 13.9. The minimum Gasteiger partial charge on any atom is -0.326 e. The Kier molecular flexibility index (Phi) is 4.72. The second kappa shape index (κ2) is 6.18. The van der Waals surface area contributed by atoms with Crippen LogP contribution in [0, 0.1) is 11.3 Å². The summed E-state index contributed by atoms with van der Waals surface area (Å²) in [5.74, 6) is 0.680. The molecule has 116 valence electrons. The van der Waals surface area contributed by atoms with Gasteiger partial charge in [-0.05, 0) is 48.8 Å². The summed E-state index contributed by atoms with van der Waals surface area (Å²) in [4.78, 5) is 11.2. The average Bonchev–Trinajstić information content (AvgIpc) is 2.61. The molecule has 0 bridgehead atoms. The van der Waals surface area contributed by atoms with E-state index in [1.807, 2.05) is 12.1 Å². The topological polar surface area (TPSA) is 41.1 Å². The summed E-state index contributed by atoms with van der Waals surface area (Å²) in [5, 5.41) is 6.62. The predicted octanol–water partition coefficient (Wildman–Crippen LogP) is 4.12. The van der Waals surface area contributed by atoms with Gasteiger partial charge in [-0.2, -0.15) is 0 Å². The Morgan fingerprint density at radius 2 is 2.05 bits per heavy atom. The SMILES string of the molecule is CC(=O)Nc1cccc(C(C)NC2CC(C)(C)CC2C)c1. The number of carbonyl (C=O) groups excluding carboxylic acids is 1. The van der Waals surface area contributed by atoms with Crippen molar-refractivity contribution >= 4 is 11.6 Å². The molecular weight excluding hydrogens is 260 g/mol. The second-order valence-corrected chi connectivity index (χ2v) is 7.35. The van der Waals surface area contributed by atoms with Crippen LogP contribution < -0.4 is 10.6 Å². The summed E-state index contributed by atoms with van der Waals surface area (Å²) >= 11 is 0. The molecule has 2 N–H and O–H groups in total. The van der Waals surface area contributed by atoms with Gasteiger partial charge >= 0.3 is 0 Å². The average molecular weight is 288 g/mol. The monoisotopic (exact) mass is 288 g/mol. The normalized spacial score (nSPS) is 25.6. The predicted molar refractivity (Wildman–Crippen MR) is 88.3 cm³/mol. The summed E-state index contributed by atoms with van der Waals surface area (Å²) in [6, 6.07) is 8.97. The molecule has 3 heteroatoms. The second-order valence-electron chi connectivity index (χ2n) is 7.35. The van der Waals surface area contributed by atoms with Crippen LogP contribution in [0.25, 0.3) is 0 Å². The summed E-state index contributed by atoms with van der Waals surface area (Å²) in [6.45, 7) is 10.8. The molecule has 1 saturated carbocycles. The minimum absolute atomic E-state index is 0.0288. The molecule has 3 unspecified atom stereocenters. The van der Waals surface area contributed by atoms with E-state index in [4.69, 9.17) is 0 Å². The Bertz CT molecular complexity index is 510. The third-order valence-corrected chi connectivity index (χ3v) is 4.51. The van der Waals surface area contributed by atoms with Gasteiger partial charge in [-0.3, -0.25) is 4.79 Å². The Labute approximate surface area is 128 Å². The van der Waals surface area contributed by atoms with E-state index in [9.17, 15) is 4.79 Å². The number of amides is 1. The number of hydrogen-bond donors (Lipinski definition) is 2. The Hall–Kier alpha value is -1.35. The fourth-order valence-corrected chi connectivity index (χ4v) is 3.62. The van der Waals surface area contributed by atoms with E-state index in [2.05, 4.69) is 50.5 Å². The molecule has 0 aliphatic heterocycles. The Balaban J connectivity index is 2.03. The van der Waals surface area contributed by atoms with Crippen molar-refractivity contribution < 1.29 is 4.79 Å². The van der Waals surface area contributed by atoms with E-state index in [0.29, 0.717) is 23.4 Å². The van der Waals surface area contributed by atoms with Gasteiger partial charge in [0.1, 0.15) is 0 Å². The summed E-state index contributed by atoms with van der Waals surface area (Å²) in [5.41, 5.74) is 2.53. The van der Waals surface area contributed by atoms with Crippen molar-refractivity contribution in [3.63, 3.8) is 0 Å². The highest BCUT2D eigenvalue weighted by atomic mass is 16.1. The van der Waals surface area contributed by atoms with Gasteiger partial charge in [-0.15, -0.1) is 0 Å². The van der Waals surface area contributed by atoms with Crippen LogP contribution in [0.15, 0.2) is 24.3 Å². The molecule has 3 nitrogen and oxygen atoms in total. The van der Waals surface area contributed by atoms with E-state index in [1.165, 1.54) is 25.3 Å². The van der Waals surface area contributed by atoms with Gasteiger partial charge in [0.25, 0.3) is 0 Å². The standard InChI is InChI=1S/C18H28N2O/c1-12-10-18(4,5)11-17(12)19-13(2)15-7-6-8-16(9-15)20-14(3)21/h6-9,12-13,17,19H,10-11H2,1-5H3,(H,20,21). The van der Waals surface area contributed by atoms with E-state index >= 15 is 0 Å². The van der Waals surface area contributed by atoms with Crippen molar-refractivity contribution in [1.29, 1.82) is 0 Å². The number of benzene rings is 1. The molecule has 21 heavy (non-hydrogen) atoms. The first-order chi connectivity index (χ1) is 9.77. The number of hydrogen-bond acceptors (Lipinski definition) is 2. The first-order valence-corrected chi connectivity index (χ1v) is 7.90. The largest absolute Gasteiger partial charge is 0.326 e. The Morgan fingerprint density at radius 3 is 2.62 bits per heavy atom. The fourth-order valence-electron chi connectivity index (χ4n) is 3.62. The lowest BCUT2D eigenvalue weighted by molar-refractivity contribution is -0.114. The molecule has 1 fully saturated rings. The van der Waals surface area contributed by atoms with E-state index in [0.717, 1.165) is 5.69 Å². The maximum absolute atomic E-state index is 11.2. The molecule has 0 heterocycles. The highest BCUT2D eigenvalue weighted by Crippen LogP contribution is 2.41. The van der Waals surface area contributed by atoms with Crippen molar-refractivity contribution in [2.45, 2.75) is 59.5 Å². The van der Waals surface area contributed by atoms with Gasteiger partial charge < -0.3 is 10.6 Å². The number of carbonyl (C=O) groups is 1. The molecule has 1 aliphatic rings. The highest BCUT2D eigenvalue weighted by Gasteiger charge is 2.36. The van der Waals surface area contributed by atoms with Gasteiger partial charge in [0.15, 0.2) is 0 Å². The molecule has 2 rings (SSSR count). The van der Waals surface area contributed by atoms with E-state index < -0.39 is 0 Å². The molecule has 0 aromatic heterocycles. The maximum atomic E-state index is 11.2. The summed E-state index contributed by atoms with van der Waals surface area (Å²) in [7, 11) is 0. The van der Waals surface area contributed by atoms with Crippen LogP contribution in [-0.4, -0.2) is 11.9 Å². The fraction of sp³-hybridized carbons (Fsp3) is 0.611. The van der Waals surface area contributed by atoms with Gasteiger partial charge in [0.2, 0.25) is 5.91 Å². The van der Waals surface area contributed by atoms with Crippen LogP contribution >= 0.6 is 0 Å². The van der Waals surface area contributed by atoms with Gasteiger partial charge in [0.05, 0.1) is 0 Å². The third kappa shape index (κ3) is 4.31. The lowest BCUT2D eigenvalue weighted by Gasteiger charge is -2.24. The zero-order chi connectivity index (χ0) is 15.6. The number of nitrogens with one attached hydrogen (secondary N) is 2. The van der Waals surface area contributed by atoms with Crippen molar-refractivity contribution in [3.05, 3.63) is 29.8 Å². The number of rotatable bonds is 4. The van der Waals surface area contributed by atoms with Crippen LogP contribution in [0.5, 0.6) is 0 Å². The minimum atomic E-state index is -0.0288. The lowest BCUT2D eigenvalue weighted by atomic mass is 9.91. The number of anilines is 1. The Morgan fingerprint density at radius 1 is 1.33 bits per heavy atom. The van der Waals surface area contributed by atoms with Crippen LogP contribution in [0.1, 0.15) is 59.1 Å². The summed E-state index contributed by atoms with van der Waals surface area (Å²) in [6.07, 6.45) is 2.51. The third-order valence-electron chi connectivity index (χ3n) is 4.51. The smallest absolute Gasteiger partial charge is 0.221 e. The first kappa shape index (κ1) is 16.0. The van der Waals surface area contributed by atoms with E-state index in [1.54, 1.807) is 0 Å². The molecule has 0 spiro atoms. The molecular formula is C18H28N2O. The quantitative estimate of drug-likeness (QED) is 0.875. The lowest BCUT2D eigenvalue weighted by Crippen LogP contribution is -2.33. The van der Waals surface area contributed by atoms with E-state index in [-0.39, 0.29) is 5.91 Å². The molecule has 0 saturated heterocycles. The highest BCUT2D eigenvalue weighted by molar-refractivity contribution is 5.88. The van der Waals surface area contributed by atoms with Crippen LogP contribution in [0.2, 0.25) is 0 Å². The molecule has 1 aromatic rings. The van der Waals surface area contributed by atoms with Crippen LogP contribution in [0.3, 0.4) is 0 Å². The van der Waals surface area contributed by atoms with Crippen LogP contribution in [0.4, 0.5) is 5.69 Å². The maximum Gasteiger partial charge on any atom is 0.221 e. The summed E-state index contributed by atoms with van der Waals surface area (Å²) < 4.78 is 0. The molecule has 1 aliphatic carbocycles. The zero-order valence-corrected chi connectivity index (χ0v) is 13.9.